The summed E-state index contributed by atoms with van der Waals surface area (Å²) in [5.74, 6) is 1.05. The Balaban J connectivity index is 1.58. The van der Waals surface area contributed by atoms with Crippen molar-refractivity contribution < 1.29 is 4.42 Å². The van der Waals surface area contributed by atoms with E-state index >= 15 is 0 Å². The van der Waals surface area contributed by atoms with Gasteiger partial charge in [-0.15, -0.1) is 10.2 Å². The molecule has 0 aliphatic carbocycles. The van der Waals surface area contributed by atoms with Crippen molar-refractivity contribution in [1.29, 1.82) is 0 Å². The highest BCUT2D eigenvalue weighted by Crippen LogP contribution is 2.27. The Bertz CT molecular complexity index is 1030. The van der Waals surface area contributed by atoms with E-state index in [2.05, 4.69) is 60.1 Å². The third-order valence-electron chi connectivity index (χ3n) is 4.34. The average Bonchev–Trinajstić information content (AvgIpc) is 3.19. The molecule has 0 aliphatic heterocycles. The fourth-order valence-corrected chi connectivity index (χ4v) is 2.77. The minimum absolute atomic E-state index is 0.522. The van der Waals surface area contributed by atoms with Crippen LogP contribution >= 0.6 is 0 Å². The molecule has 0 saturated heterocycles. The van der Waals surface area contributed by atoms with E-state index in [0.717, 1.165) is 27.8 Å². The molecule has 1 aromatic heterocycles. The van der Waals surface area contributed by atoms with Gasteiger partial charge in [-0.3, -0.25) is 0 Å². The second-order valence-corrected chi connectivity index (χ2v) is 6.18. The molecular weight excluding hydrogens is 320 g/mol. The van der Waals surface area contributed by atoms with Crippen molar-refractivity contribution >= 4 is 6.08 Å². The van der Waals surface area contributed by atoms with Crippen LogP contribution in [0.3, 0.4) is 0 Å². The second kappa shape index (κ2) is 6.81. The van der Waals surface area contributed by atoms with Crippen LogP contribution in [0.15, 0.2) is 83.8 Å². The highest BCUT2D eigenvalue weighted by molar-refractivity contribution is 5.69. The van der Waals surface area contributed by atoms with E-state index in [4.69, 9.17) is 4.42 Å². The number of benzene rings is 3. The minimum atomic E-state index is 0.522. The van der Waals surface area contributed by atoms with Gasteiger partial charge in [0, 0.05) is 11.1 Å². The lowest BCUT2D eigenvalue weighted by atomic mass is 10.0. The number of nitrogens with zero attached hydrogens (tertiary/aromatic N) is 2. The van der Waals surface area contributed by atoms with E-state index in [1.807, 2.05) is 42.5 Å². The van der Waals surface area contributed by atoms with Gasteiger partial charge in [-0.1, -0.05) is 66.7 Å². The fraction of sp³-hybridized carbons (Fsp3) is 0.0435. The van der Waals surface area contributed by atoms with Crippen molar-refractivity contribution in [2.45, 2.75) is 6.92 Å². The molecule has 1 heterocycles. The van der Waals surface area contributed by atoms with Crippen LogP contribution in [0.5, 0.6) is 0 Å². The Labute approximate surface area is 152 Å². The molecule has 0 unspecified atom stereocenters. The summed E-state index contributed by atoms with van der Waals surface area (Å²) in [6.45, 7) is 5.83. The van der Waals surface area contributed by atoms with Gasteiger partial charge in [-0.25, -0.2) is 0 Å². The normalized spacial score (nSPS) is 10.7. The van der Waals surface area contributed by atoms with Gasteiger partial charge in [-0.05, 0) is 47.9 Å². The summed E-state index contributed by atoms with van der Waals surface area (Å²) in [6.07, 6.45) is 1.84. The first-order valence-corrected chi connectivity index (χ1v) is 8.47. The van der Waals surface area contributed by atoms with Crippen molar-refractivity contribution in [2.24, 2.45) is 0 Å². The number of hydrogen-bond donors (Lipinski definition) is 0. The predicted octanol–water partition coefficient (Wildman–Crippen LogP) is 6.02. The molecule has 0 N–H and O–H groups in total. The maximum atomic E-state index is 5.84. The smallest absolute Gasteiger partial charge is 0.248 e. The van der Waals surface area contributed by atoms with Gasteiger partial charge in [0.15, 0.2) is 0 Å². The van der Waals surface area contributed by atoms with Crippen LogP contribution in [0, 0.1) is 6.92 Å². The van der Waals surface area contributed by atoms with Crippen molar-refractivity contribution in [3.8, 4) is 34.0 Å². The second-order valence-electron chi connectivity index (χ2n) is 6.18. The number of aromatic nitrogens is 2. The van der Waals surface area contributed by atoms with Crippen LogP contribution in [-0.2, 0) is 0 Å². The zero-order valence-corrected chi connectivity index (χ0v) is 14.5. The first-order chi connectivity index (χ1) is 12.7. The molecule has 0 radical (unpaired) electrons. The summed E-state index contributed by atoms with van der Waals surface area (Å²) in [4.78, 5) is 0. The molecule has 3 aromatic carbocycles. The molecule has 0 amide bonds. The van der Waals surface area contributed by atoms with Crippen LogP contribution in [0.1, 0.15) is 11.1 Å². The van der Waals surface area contributed by atoms with Crippen LogP contribution in [0.4, 0.5) is 0 Å². The van der Waals surface area contributed by atoms with Crippen LogP contribution in [0.2, 0.25) is 0 Å². The highest BCUT2D eigenvalue weighted by atomic mass is 16.4. The summed E-state index contributed by atoms with van der Waals surface area (Å²) < 4.78 is 5.84. The monoisotopic (exact) mass is 338 g/mol. The molecule has 0 spiro atoms. The van der Waals surface area contributed by atoms with Crippen molar-refractivity contribution in [2.75, 3.05) is 0 Å². The molecule has 126 valence electrons. The van der Waals surface area contributed by atoms with E-state index in [1.54, 1.807) is 0 Å². The molecule has 4 aromatic rings. The van der Waals surface area contributed by atoms with Gasteiger partial charge in [0.1, 0.15) is 0 Å². The average molecular weight is 338 g/mol. The summed E-state index contributed by atoms with van der Waals surface area (Å²) >= 11 is 0. The third-order valence-corrected chi connectivity index (χ3v) is 4.34. The Hall–Kier alpha value is -3.46. The number of rotatable bonds is 4. The maximum absolute atomic E-state index is 5.84. The maximum Gasteiger partial charge on any atom is 0.248 e. The van der Waals surface area contributed by atoms with Gasteiger partial charge in [0.2, 0.25) is 11.8 Å². The molecule has 26 heavy (non-hydrogen) atoms. The molecule has 4 rings (SSSR count). The summed E-state index contributed by atoms with van der Waals surface area (Å²) in [7, 11) is 0. The molecule has 3 heteroatoms. The van der Waals surface area contributed by atoms with Gasteiger partial charge in [-0.2, -0.15) is 0 Å². The molecule has 0 bridgehead atoms. The topological polar surface area (TPSA) is 38.9 Å². The Morgan fingerprint density at radius 1 is 0.654 bits per heavy atom. The van der Waals surface area contributed by atoms with Gasteiger partial charge >= 0.3 is 0 Å². The lowest BCUT2D eigenvalue weighted by molar-refractivity contribution is 0.584. The summed E-state index contributed by atoms with van der Waals surface area (Å²) in [5.41, 5.74) is 6.44. The van der Waals surface area contributed by atoms with E-state index in [0.29, 0.717) is 11.8 Å². The fourth-order valence-electron chi connectivity index (χ4n) is 2.77. The van der Waals surface area contributed by atoms with Gasteiger partial charge in [0.25, 0.3) is 0 Å². The molecule has 0 aliphatic rings. The van der Waals surface area contributed by atoms with Crippen molar-refractivity contribution in [3.05, 3.63) is 90.5 Å². The van der Waals surface area contributed by atoms with E-state index in [1.165, 1.54) is 5.56 Å². The first-order valence-electron chi connectivity index (χ1n) is 8.47. The van der Waals surface area contributed by atoms with E-state index < -0.39 is 0 Å². The van der Waals surface area contributed by atoms with Gasteiger partial charge in [0.05, 0.1) is 0 Å². The van der Waals surface area contributed by atoms with Gasteiger partial charge < -0.3 is 4.42 Å². The van der Waals surface area contributed by atoms with Crippen LogP contribution < -0.4 is 0 Å². The Morgan fingerprint density at radius 3 is 1.58 bits per heavy atom. The Kier molecular flexibility index (Phi) is 4.20. The van der Waals surface area contributed by atoms with Crippen LogP contribution in [0.25, 0.3) is 40.1 Å². The molecule has 0 fully saturated rings. The molecule has 0 saturated carbocycles. The SMILES string of the molecule is C=Cc1ccc(-c2ccc(-c3nnc(-c4ccc(C)cc4)o3)cc2)cc1. The molecule has 3 nitrogen and oxygen atoms in total. The van der Waals surface area contributed by atoms with E-state index in [-0.39, 0.29) is 0 Å². The zero-order chi connectivity index (χ0) is 17.9. The van der Waals surface area contributed by atoms with Crippen molar-refractivity contribution in [3.63, 3.8) is 0 Å². The highest BCUT2D eigenvalue weighted by Gasteiger charge is 2.10. The zero-order valence-electron chi connectivity index (χ0n) is 14.5. The van der Waals surface area contributed by atoms with Crippen molar-refractivity contribution in [1.82, 2.24) is 10.2 Å². The first kappa shape index (κ1) is 16.0. The van der Waals surface area contributed by atoms with E-state index in [9.17, 15) is 0 Å². The lowest BCUT2D eigenvalue weighted by Gasteiger charge is -2.03. The quantitative estimate of drug-likeness (QED) is 0.456. The van der Waals surface area contributed by atoms with Crippen LogP contribution in [-0.4, -0.2) is 10.2 Å². The molecule has 0 atom stereocenters. The lowest BCUT2D eigenvalue weighted by Crippen LogP contribution is -1.81. The molecular formula is C23H18N2O. The number of aryl methyl sites for hydroxylation is 1. The standard InChI is InChI=1S/C23H18N2O/c1-3-17-6-10-18(11-7-17)19-12-14-21(15-13-19)23-25-24-22(26-23)20-8-4-16(2)5-9-20/h3-15H,1H2,2H3. The minimum Gasteiger partial charge on any atom is -0.416 e. The summed E-state index contributed by atoms with van der Waals surface area (Å²) in [5, 5.41) is 8.35. The number of hydrogen-bond acceptors (Lipinski definition) is 3. The Morgan fingerprint density at radius 2 is 1.08 bits per heavy atom. The largest absolute Gasteiger partial charge is 0.416 e. The predicted molar refractivity (Wildman–Crippen MR) is 105 cm³/mol. The summed E-state index contributed by atoms with van der Waals surface area (Å²) in [6, 6.07) is 24.5. The third kappa shape index (κ3) is 3.20.